The van der Waals surface area contributed by atoms with E-state index in [0.717, 1.165) is 35.7 Å². The van der Waals surface area contributed by atoms with E-state index in [1.807, 2.05) is 30.3 Å². The van der Waals surface area contributed by atoms with Crippen molar-refractivity contribution < 1.29 is 9.18 Å². The van der Waals surface area contributed by atoms with Crippen molar-refractivity contribution in [1.29, 1.82) is 5.26 Å². The lowest BCUT2D eigenvalue weighted by atomic mass is 10.0. The van der Waals surface area contributed by atoms with Gasteiger partial charge < -0.3 is 15.1 Å². The summed E-state index contributed by atoms with van der Waals surface area (Å²) in [5, 5.41) is 12.2. The summed E-state index contributed by atoms with van der Waals surface area (Å²) in [6.07, 6.45) is 1.99. The smallest absolute Gasteiger partial charge is 0.256 e. The topological polar surface area (TPSA) is 59.4 Å². The first-order chi connectivity index (χ1) is 16.5. The predicted octanol–water partition coefficient (Wildman–Crippen LogP) is 5.63. The van der Waals surface area contributed by atoms with Crippen molar-refractivity contribution in [2.24, 2.45) is 0 Å². The van der Waals surface area contributed by atoms with Gasteiger partial charge in [0.2, 0.25) is 0 Å². The Kier molecular flexibility index (Phi) is 7.51. The first-order valence-corrected chi connectivity index (χ1v) is 12.1. The van der Waals surface area contributed by atoms with E-state index in [2.05, 4.69) is 35.3 Å². The van der Waals surface area contributed by atoms with Crippen LogP contribution in [0, 0.1) is 17.1 Å². The molecule has 0 aromatic heterocycles. The van der Waals surface area contributed by atoms with Crippen LogP contribution in [-0.4, -0.2) is 44.0 Å². The standard InChI is InChI=1S/C27H27FN4OS/c1-31(2)21-13-15-32(16-14-21)24-12-11-20(17-23(24)28)30-27(33)22-8-4-6-10-26(22)34-25-9-5-3-7-19(25)18-29/h3-12,17,21H,13-16H2,1-2H3,(H,30,33). The number of piperidine rings is 1. The summed E-state index contributed by atoms with van der Waals surface area (Å²) in [5.41, 5.74) is 2.00. The largest absolute Gasteiger partial charge is 0.369 e. The maximum absolute atomic E-state index is 15.0. The van der Waals surface area contributed by atoms with Gasteiger partial charge in [0.15, 0.2) is 0 Å². The Hall–Kier alpha value is -3.34. The summed E-state index contributed by atoms with van der Waals surface area (Å²) in [6, 6.07) is 22.1. The molecule has 0 atom stereocenters. The second-order valence-corrected chi connectivity index (χ2v) is 9.59. The number of rotatable bonds is 6. The van der Waals surface area contributed by atoms with Gasteiger partial charge in [-0.3, -0.25) is 4.79 Å². The van der Waals surface area contributed by atoms with Gasteiger partial charge in [-0.1, -0.05) is 36.0 Å². The molecule has 1 aliphatic heterocycles. The molecule has 0 aliphatic carbocycles. The van der Waals surface area contributed by atoms with E-state index in [-0.39, 0.29) is 11.7 Å². The zero-order valence-corrected chi connectivity index (χ0v) is 20.1. The molecule has 7 heteroatoms. The zero-order chi connectivity index (χ0) is 24.1. The number of nitrogens with zero attached hydrogens (tertiary/aromatic N) is 3. The number of anilines is 2. The third-order valence-corrected chi connectivity index (χ3v) is 7.25. The molecule has 0 saturated carbocycles. The first-order valence-electron chi connectivity index (χ1n) is 11.2. The summed E-state index contributed by atoms with van der Waals surface area (Å²) in [4.78, 5) is 18.8. The molecular formula is C27H27FN4OS. The van der Waals surface area contributed by atoms with Crippen LogP contribution in [0.1, 0.15) is 28.8 Å². The maximum Gasteiger partial charge on any atom is 0.256 e. The maximum atomic E-state index is 15.0. The van der Waals surface area contributed by atoms with Gasteiger partial charge in [-0.05, 0) is 69.4 Å². The van der Waals surface area contributed by atoms with Crippen LogP contribution in [0.5, 0.6) is 0 Å². The van der Waals surface area contributed by atoms with Gasteiger partial charge in [-0.15, -0.1) is 0 Å². The molecule has 34 heavy (non-hydrogen) atoms. The molecular weight excluding hydrogens is 447 g/mol. The first kappa shape index (κ1) is 23.8. The van der Waals surface area contributed by atoms with E-state index >= 15 is 0 Å². The van der Waals surface area contributed by atoms with Crippen molar-refractivity contribution >= 4 is 29.0 Å². The second-order valence-electron chi connectivity index (χ2n) is 8.51. The highest BCUT2D eigenvalue weighted by Gasteiger charge is 2.23. The van der Waals surface area contributed by atoms with Crippen LogP contribution < -0.4 is 10.2 Å². The van der Waals surface area contributed by atoms with Gasteiger partial charge in [0.05, 0.1) is 16.8 Å². The summed E-state index contributed by atoms with van der Waals surface area (Å²) in [5.74, 6) is -0.664. The molecule has 174 valence electrons. The molecule has 1 amide bonds. The molecule has 3 aromatic carbocycles. The van der Waals surface area contributed by atoms with Gasteiger partial charge in [0.25, 0.3) is 5.91 Å². The normalized spacial score (nSPS) is 14.1. The lowest BCUT2D eigenvalue weighted by Gasteiger charge is -2.36. The van der Waals surface area contributed by atoms with E-state index in [9.17, 15) is 14.4 Å². The molecule has 0 radical (unpaired) electrons. The highest BCUT2D eigenvalue weighted by molar-refractivity contribution is 7.99. The van der Waals surface area contributed by atoms with Crippen molar-refractivity contribution in [3.8, 4) is 6.07 Å². The van der Waals surface area contributed by atoms with Crippen LogP contribution >= 0.6 is 11.8 Å². The van der Waals surface area contributed by atoms with E-state index in [4.69, 9.17) is 0 Å². The average molecular weight is 475 g/mol. The van der Waals surface area contributed by atoms with E-state index in [1.54, 1.807) is 30.3 Å². The molecule has 1 fully saturated rings. The van der Waals surface area contributed by atoms with Crippen LogP contribution in [-0.2, 0) is 0 Å². The van der Waals surface area contributed by atoms with Crippen LogP contribution in [0.3, 0.4) is 0 Å². The Balaban J connectivity index is 1.48. The van der Waals surface area contributed by atoms with Crippen molar-refractivity contribution in [2.45, 2.75) is 28.7 Å². The fourth-order valence-corrected chi connectivity index (χ4v) is 5.20. The molecule has 4 rings (SSSR count). The number of halogens is 1. The Morgan fingerprint density at radius 1 is 1.06 bits per heavy atom. The molecule has 1 N–H and O–H groups in total. The third kappa shape index (κ3) is 5.41. The van der Waals surface area contributed by atoms with Crippen molar-refractivity contribution in [3.63, 3.8) is 0 Å². The summed E-state index contributed by atoms with van der Waals surface area (Å²) in [7, 11) is 4.16. The SMILES string of the molecule is CN(C)C1CCN(c2ccc(NC(=O)c3ccccc3Sc3ccccc3C#N)cc2F)CC1. The minimum Gasteiger partial charge on any atom is -0.369 e. The molecule has 5 nitrogen and oxygen atoms in total. The quantitative estimate of drug-likeness (QED) is 0.502. The molecule has 0 unspecified atom stereocenters. The zero-order valence-electron chi connectivity index (χ0n) is 19.3. The van der Waals surface area contributed by atoms with E-state index in [1.165, 1.54) is 17.8 Å². The van der Waals surface area contributed by atoms with E-state index < -0.39 is 0 Å². The number of benzene rings is 3. The van der Waals surface area contributed by atoms with Crippen LogP contribution in [0.25, 0.3) is 0 Å². The summed E-state index contributed by atoms with van der Waals surface area (Å²) in [6.45, 7) is 1.61. The minimum atomic E-state index is -0.341. The van der Waals surface area contributed by atoms with E-state index in [0.29, 0.717) is 28.5 Å². The summed E-state index contributed by atoms with van der Waals surface area (Å²) >= 11 is 1.36. The number of amides is 1. The van der Waals surface area contributed by atoms with Gasteiger partial charge in [0, 0.05) is 34.6 Å². The van der Waals surface area contributed by atoms with Crippen LogP contribution in [0.2, 0.25) is 0 Å². The Morgan fingerprint density at radius 2 is 1.74 bits per heavy atom. The van der Waals surface area contributed by atoms with Gasteiger partial charge in [-0.25, -0.2) is 4.39 Å². The number of nitrogens with one attached hydrogen (secondary N) is 1. The van der Waals surface area contributed by atoms with Crippen LogP contribution in [0.4, 0.5) is 15.8 Å². The highest BCUT2D eigenvalue weighted by Crippen LogP contribution is 2.33. The lowest BCUT2D eigenvalue weighted by Crippen LogP contribution is -2.42. The number of carbonyl (C=O) groups is 1. The second kappa shape index (κ2) is 10.7. The van der Waals surface area contributed by atoms with Gasteiger partial charge >= 0.3 is 0 Å². The lowest BCUT2D eigenvalue weighted by molar-refractivity contribution is 0.102. The number of hydrogen-bond donors (Lipinski definition) is 1. The third-order valence-electron chi connectivity index (χ3n) is 6.10. The number of nitriles is 1. The highest BCUT2D eigenvalue weighted by atomic mass is 32.2. The molecule has 1 aliphatic rings. The predicted molar refractivity (Wildman–Crippen MR) is 135 cm³/mol. The van der Waals surface area contributed by atoms with Gasteiger partial charge in [0.1, 0.15) is 11.9 Å². The van der Waals surface area contributed by atoms with Crippen molar-refractivity contribution in [3.05, 3.63) is 83.7 Å². The van der Waals surface area contributed by atoms with Gasteiger partial charge in [-0.2, -0.15) is 5.26 Å². The average Bonchev–Trinajstić information content (AvgIpc) is 2.85. The molecule has 1 heterocycles. The van der Waals surface area contributed by atoms with Crippen molar-refractivity contribution in [1.82, 2.24) is 4.90 Å². The fourth-order valence-electron chi connectivity index (χ4n) is 4.17. The monoisotopic (exact) mass is 474 g/mol. The number of hydrogen-bond acceptors (Lipinski definition) is 5. The summed E-state index contributed by atoms with van der Waals surface area (Å²) < 4.78 is 15.0. The molecule has 3 aromatic rings. The number of carbonyl (C=O) groups excluding carboxylic acids is 1. The Bertz CT molecular complexity index is 1220. The van der Waals surface area contributed by atoms with Crippen LogP contribution in [0.15, 0.2) is 76.5 Å². The molecule has 1 saturated heterocycles. The molecule has 0 bridgehead atoms. The minimum absolute atomic E-state index is 0.323. The Morgan fingerprint density at radius 3 is 2.41 bits per heavy atom. The van der Waals surface area contributed by atoms with Crippen molar-refractivity contribution in [2.75, 3.05) is 37.4 Å². The fraction of sp³-hybridized carbons (Fsp3) is 0.259. The molecule has 0 spiro atoms. The Labute approximate surface area is 204 Å².